The van der Waals surface area contributed by atoms with Crippen molar-refractivity contribution in [1.29, 1.82) is 0 Å². The zero-order chi connectivity index (χ0) is 20.9. The Bertz CT molecular complexity index is 792. The fourth-order valence-electron chi connectivity index (χ4n) is 3.54. The Labute approximate surface area is 169 Å². The van der Waals surface area contributed by atoms with E-state index < -0.39 is 11.7 Å². The number of hydrogen-bond donors (Lipinski definition) is 0. The molecule has 4 nitrogen and oxygen atoms in total. The van der Waals surface area contributed by atoms with Crippen LogP contribution in [0, 0.1) is 0 Å². The summed E-state index contributed by atoms with van der Waals surface area (Å²) in [5.41, 5.74) is 0.328. The average molecular weight is 408 g/mol. The summed E-state index contributed by atoms with van der Waals surface area (Å²) < 4.78 is 49.7. The van der Waals surface area contributed by atoms with Gasteiger partial charge in [-0.05, 0) is 49.9 Å². The third kappa shape index (κ3) is 6.45. The number of benzene rings is 2. The van der Waals surface area contributed by atoms with E-state index in [4.69, 9.17) is 9.47 Å². The highest BCUT2D eigenvalue weighted by atomic mass is 19.4. The molecule has 1 unspecified atom stereocenters. The SMILES string of the molecule is CC(CN(C)Cc1cccc(Oc2cccc(C(F)(F)F)c2)c1)N1CCOCC1. The maximum absolute atomic E-state index is 12.9. The van der Waals surface area contributed by atoms with E-state index >= 15 is 0 Å². The average Bonchev–Trinajstić information content (AvgIpc) is 2.68. The van der Waals surface area contributed by atoms with Crippen molar-refractivity contribution in [3.63, 3.8) is 0 Å². The molecule has 29 heavy (non-hydrogen) atoms. The van der Waals surface area contributed by atoms with Gasteiger partial charge < -0.3 is 14.4 Å². The Kier molecular flexibility index (Phi) is 7.16. The van der Waals surface area contributed by atoms with Crippen molar-refractivity contribution >= 4 is 0 Å². The van der Waals surface area contributed by atoms with Gasteiger partial charge in [-0.1, -0.05) is 18.2 Å². The molecule has 0 saturated carbocycles. The number of halogens is 3. The van der Waals surface area contributed by atoms with Crippen molar-refractivity contribution in [3.8, 4) is 11.5 Å². The Balaban J connectivity index is 1.59. The molecule has 158 valence electrons. The van der Waals surface area contributed by atoms with Crippen LogP contribution in [-0.2, 0) is 17.5 Å². The molecular formula is C22H27F3N2O2. The van der Waals surface area contributed by atoms with Crippen LogP contribution in [0.4, 0.5) is 13.2 Å². The molecule has 3 rings (SSSR count). The van der Waals surface area contributed by atoms with Crippen molar-refractivity contribution in [2.75, 3.05) is 39.9 Å². The molecule has 1 heterocycles. The smallest absolute Gasteiger partial charge is 0.416 e. The van der Waals surface area contributed by atoms with E-state index in [9.17, 15) is 13.2 Å². The minimum atomic E-state index is -4.39. The summed E-state index contributed by atoms with van der Waals surface area (Å²) in [5.74, 6) is 0.697. The first-order chi connectivity index (χ1) is 13.8. The summed E-state index contributed by atoms with van der Waals surface area (Å²) in [5, 5.41) is 0. The lowest BCUT2D eigenvalue weighted by Crippen LogP contribution is -2.46. The molecule has 1 fully saturated rings. The van der Waals surface area contributed by atoms with Crippen molar-refractivity contribution in [1.82, 2.24) is 9.80 Å². The second-order valence-electron chi connectivity index (χ2n) is 7.47. The normalized spacial score (nSPS) is 16.8. The van der Waals surface area contributed by atoms with E-state index in [1.807, 2.05) is 18.2 Å². The van der Waals surface area contributed by atoms with E-state index in [-0.39, 0.29) is 5.75 Å². The number of ether oxygens (including phenoxy) is 2. The molecule has 1 aliphatic heterocycles. The lowest BCUT2D eigenvalue weighted by molar-refractivity contribution is -0.137. The highest BCUT2D eigenvalue weighted by Gasteiger charge is 2.30. The highest BCUT2D eigenvalue weighted by Crippen LogP contribution is 2.32. The quantitative estimate of drug-likeness (QED) is 0.666. The monoisotopic (exact) mass is 408 g/mol. The number of alkyl halides is 3. The van der Waals surface area contributed by atoms with Crippen LogP contribution in [-0.4, -0.2) is 55.7 Å². The first kappa shape index (κ1) is 21.6. The van der Waals surface area contributed by atoms with E-state index in [1.54, 1.807) is 6.07 Å². The number of rotatable bonds is 7. The maximum atomic E-state index is 12.9. The van der Waals surface area contributed by atoms with Crippen LogP contribution in [0.5, 0.6) is 11.5 Å². The van der Waals surface area contributed by atoms with E-state index in [0.29, 0.717) is 11.8 Å². The zero-order valence-corrected chi connectivity index (χ0v) is 16.8. The van der Waals surface area contributed by atoms with Gasteiger partial charge in [-0.3, -0.25) is 4.90 Å². The Morgan fingerprint density at radius 3 is 2.41 bits per heavy atom. The number of hydrogen-bond acceptors (Lipinski definition) is 4. The molecule has 0 aromatic heterocycles. The lowest BCUT2D eigenvalue weighted by atomic mass is 10.1. The van der Waals surface area contributed by atoms with Crippen molar-refractivity contribution in [2.45, 2.75) is 25.7 Å². The molecule has 2 aromatic carbocycles. The van der Waals surface area contributed by atoms with Gasteiger partial charge in [0.25, 0.3) is 0 Å². The number of morpholine rings is 1. The van der Waals surface area contributed by atoms with Gasteiger partial charge in [0.15, 0.2) is 0 Å². The molecular weight excluding hydrogens is 381 g/mol. The molecule has 1 aliphatic rings. The topological polar surface area (TPSA) is 24.9 Å². The van der Waals surface area contributed by atoms with Crippen LogP contribution in [0.1, 0.15) is 18.1 Å². The Morgan fingerprint density at radius 2 is 1.72 bits per heavy atom. The minimum Gasteiger partial charge on any atom is -0.457 e. The van der Waals surface area contributed by atoms with Gasteiger partial charge in [0.1, 0.15) is 11.5 Å². The van der Waals surface area contributed by atoms with Crippen LogP contribution in [0.15, 0.2) is 48.5 Å². The fourth-order valence-corrected chi connectivity index (χ4v) is 3.54. The second-order valence-corrected chi connectivity index (χ2v) is 7.47. The van der Waals surface area contributed by atoms with Crippen molar-refractivity contribution in [3.05, 3.63) is 59.7 Å². The van der Waals surface area contributed by atoms with Crippen LogP contribution in [0.25, 0.3) is 0 Å². The summed E-state index contributed by atoms with van der Waals surface area (Å²) >= 11 is 0. The maximum Gasteiger partial charge on any atom is 0.416 e. The molecule has 0 aliphatic carbocycles. The number of nitrogens with zero attached hydrogens (tertiary/aromatic N) is 2. The molecule has 1 atom stereocenters. The van der Waals surface area contributed by atoms with Gasteiger partial charge >= 0.3 is 6.18 Å². The molecule has 0 spiro atoms. The van der Waals surface area contributed by atoms with Gasteiger partial charge in [0.05, 0.1) is 18.8 Å². The second kappa shape index (κ2) is 9.61. The highest BCUT2D eigenvalue weighted by molar-refractivity contribution is 5.36. The van der Waals surface area contributed by atoms with Crippen molar-refractivity contribution in [2.24, 2.45) is 0 Å². The first-order valence-electron chi connectivity index (χ1n) is 9.75. The van der Waals surface area contributed by atoms with E-state index in [1.165, 1.54) is 12.1 Å². The molecule has 0 N–H and O–H groups in total. The largest absolute Gasteiger partial charge is 0.457 e. The third-order valence-corrected chi connectivity index (χ3v) is 4.99. The summed E-state index contributed by atoms with van der Waals surface area (Å²) in [6.07, 6.45) is -4.39. The van der Waals surface area contributed by atoms with Crippen molar-refractivity contribution < 1.29 is 22.6 Å². The van der Waals surface area contributed by atoms with E-state index in [0.717, 1.165) is 57.1 Å². The van der Waals surface area contributed by atoms with Gasteiger partial charge in [-0.2, -0.15) is 13.2 Å². The standard InChI is InChI=1S/C22H27F3N2O2/c1-17(27-9-11-28-12-10-27)15-26(2)16-18-5-3-7-20(13-18)29-21-8-4-6-19(14-21)22(23,24)25/h3-8,13-14,17H,9-12,15-16H2,1-2H3. The lowest BCUT2D eigenvalue weighted by Gasteiger charge is -2.34. The molecule has 2 aromatic rings. The molecule has 0 bridgehead atoms. The fraction of sp³-hybridized carbons (Fsp3) is 0.455. The van der Waals surface area contributed by atoms with Gasteiger partial charge in [-0.25, -0.2) is 0 Å². The summed E-state index contributed by atoms with van der Waals surface area (Å²) in [6.45, 7) is 7.33. The zero-order valence-electron chi connectivity index (χ0n) is 16.8. The predicted molar refractivity (Wildman–Crippen MR) is 106 cm³/mol. The molecule has 0 amide bonds. The molecule has 7 heteroatoms. The summed E-state index contributed by atoms with van der Waals surface area (Å²) in [7, 11) is 2.07. The summed E-state index contributed by atoms with van der Waals surface area (Å²) in [4.78, 5) is 4.66. The van der Waals surface area contributed by atoms with Gasteiger partial charge in [0.2, 0.25) is 0 Å². The van der Waals surface area contributed by atoms with Crippen LogP contribution >= 0.6 is 0 Å². The minimum absolute atomic E-state index is 0.172. The number of likely N-dealkylation sites (N-methyl/N-ethyl adjacent to an activating group) is 1. The van der Waals surface area contributed by atoms with Crippen LogP contribution in [0.2, 0.25) is 0 Å². The Morgan fingerprint density at radius 1 is 1.07 bits per heavy atom. The third-order valence-electron chi connectivity index (χ3n) is 4.99. The first-order valence-corrected chi connectivity index (χ1v) is 9.75. The summed E-state index contributed by atoms with van der Waals surface area (Å²) in [6, 6.07) is 12.8. The van der Waals surface area contributed by atoms with Crippen LogP contribution in [0.3, 0.4) is 0 Å². The van der Waals surface area contributed by atoms with Gasteiger partial charge in [-0.15, -0.1) is 0 Å². The van der Waals surface area contributed by atoms with Gasteiger partial charge in [0, 0.05) is 32.2 Å². The predicted octanol–water partition coefficient (Wildman–Crippen LogP) is 4.65. The van der Waals surface area contributed by atoms with Crippen LogP contribution < -0.4 is 4.74 Å². The molecule has 0 radical (unpaired) electrons. The Hall–Kier alpha value is -2.09. The molecule has 1 saturated heterocycles. The van der Waals surface area contributed by atoms with E-state index in [2.05, 4.69) is 23.8 Å².